The molecule has 0 unspecified atom stereocenters. The maximum Gasteiger partial charge on any atom is 0.0769 e. The Kier molecular flexibility index (Phi) is 21.6. The molecule has 0 radical (unpaired) electrons. The van der Waals surface area contributed by atoms with Gasteiger partial charge in [-0.15, -0.1) is 0 Å². The molecular weight excluding hydrogens is 342 g/mol. The Hall–Kier alpha value is -0.0800. The highest BCUT2D eigenvalue weighted by Gasteiger charge is 2.23. The van der Waals surface area contributed by atoms with E-state index in [0.717, 1.165) is 25.7 Å². The fourth-order valence-electron chi connectivity index (χ4n) is 4.21. The summed E-state index contributed by atoms with van der Waals surface area (Å²) in [5.41, 5.74) is 5.30. The van der Waals surface area contributed by atoms with Crippen LogP contribution in [-0.2, 0) is 0 Å². The van der Waals surface area contributed by atoms with E-state index in [1.165, 1.54) is 116 Å². The zero-order chi connectivity index (χ0) is 20.8. The van der Waals surface area contributed by atoms with Crippen molar-refractivity contribution in [3.05, 3.63) is 0 Å². The van der Waals surface area contributed by atoms with Crippen LogP contribution in [0.2, 0.25) is 0 Å². The second kappa shape index (κ2) is 21.6. The van der Waals surface area contributed by atoms with Gasteiger partial charge in [0.25, 0.3) is 0 Å². The molecule has 0 heterocycles. The first-order valence-corrected chi connectivity index (χ1v) is 13.1. The molecule has 0 saturated carbocycles. The number of rotatable bonds is 23. The van der Waals surface area contributed by atoms with Crippen LogP contribution in [0.15, 0.2) is 0 Å². The van der Waals surface area contributed by atoms with E-state index in [1.54, 1.807) is 0 Å². The van der Waals surface area contributed by atoms with Crippen molar-refractivity contribution in [2.45, 2.75) is 161 Å². The highest BCUT2D eigenvalue weighted by atomic mass is 16.3. The van der Waals surface area contributed by atoms with Crippen molar-refractivity contribution < 1.29 is 5.11 Å². The van der Waals surface area contributed by atoms with Crippen LogP contribution in [0.3, 0.4) is 0 Å². The Morgan fingerprint density at radius 3 is 0.964 bits per heavy atom. The minimum absolute atomic E-state index is 0.432. The van der Waals surface area contributed by atoms with Crippen LogP contribution in [0.1, 0.15) is 155 Å². The molecule has 0 aliphatic heterocycles. The molecule has 0 aromatic rings. The van der Waals surface area contributed by atoms with Gasteiger partial charge in [0.2, 0.25) is 0 Å². The van der Waals surface area contributed by atoms with E-state index < -0.39 is 5.60 Å². The lowest BCUT2D eigenvalue weighted by atomic mass is 9.89. The van der Waals surface area contributed by atoms with Crippen molar-refractivity contribution in [1.82, 2.24) is 0 Å². The van der Waals surface area contributed by atoms with Gasteiger partial charge in [-0.3, -0.25) is 0 Å². The smallest absolute Gasteiger partial charge is 0.0769 e. The fraction of sp³-hybridized carbons (Fsp3) is 1.00. The summed E-state index contributed by atoms with van der Waals surface area (Å²) in [4.78, 5) is 0. The number of hydrogen-bond donors (Lipinski definition) is 2. The monoisotopic (exact) mass is 397 g/mol. The lowest BCUT2D eigenvalue weighted by Crippen LogP contribution is -2.37. The van der Waals surface area contributed by atoms with Crippen molar-refractivity contribution in [1.29, 1.82) is 0 Å². The molecule has 0 saturated heterocycles. The molecular formula is C26H55NO. The molecule has 0 bridgehead atoms. The Bertz CT molecular complexity index is 268. The van der Waals surface area contributed by atoms with Gasteiger partial charge in [0.05, 0.1) is 5.60 Å². The maximum atomic E-state index is 10.7. The number of unbranched alkanes of at least 4 members (excludes halogenated alkanes) is 18. The summed E-state index contributed by atoms with van der Waals surface area (Å²) in [6.45, 7) is 4.99. The third-order valence-corrected chi connectivity index (χ3v) is 6.37. The minimum atomic E-state index is -0.597. The van der Waals surface area contributed by atoms with Gasteiger partial charge in [-0.2, -0.15) is 0 Å². The average Bonchev–Trinajstić information content (AvgIpc) is 2.71. The molecule has 0 rings (SSSR count). The number of hydrogen-bond acceptors (Lipinski definition) is 2. The van der Waals surface area contributed by atoms with E-state index in [4.69, 9.17) is 5.73 Å². The minimum Gasteiger partial charge on any atom is -0.389 e. The lowest BCUT2D eigenvalue weighted by Gasteiger charge is -2.26. The van der Waals surface area contributed by atoms with Crippen molar-refractivity contribution in [3.8, 4) is 0 Å². The zero-order valence-corrected chi connectivity index (χ0v) is 19.8. The third kappa shape index (κ3) is 19.2. The van der Waals surface area contributed by atoms with Gasteiger partial charge in [0.15, 0.2) is 0 Å². The van der Waals surface area contributed by atoms with Gasteiger partial charge in [-0.25, -0.2) is 0 Å². The van der Waals surface area contributed by atoms with Crippen LogP contribution in [0.25, 0.3) is 0 Å². The van der Waals surface area contributed by atoms with Gasteiger partial charge in [0.1, 0.15) is 0 Å². The summed E-state index contributed by atoms with van der Waals surface area (Å²) >= 11 is 0. The first kappa shape index (κ1) is 27.9. The van der Waals surface area contributed by atoms with E-state index in [2.05, 4.69) is 13.8 Å². The van der Waals surface area contributed by atoms with Gasteiger partial charge in [-0.05, 0) is 12.8 Å². The number of nitrogens with two attached hydrogens (primary N) is 1. The van der Waals surface area contributed by atoms with Gasteiger partial charge >= 0.3 is 0 Å². The van der Waals surface area contributed by atoms with Crippen LogP contribution in [0.4, 0.5) is 0 Å². The van der Waals surface area contributed by atoms with Crippen molar-refractivity contribution in [2.24, 2.45) is 5.73 Å². The van der Waals surface area contributed by atoms with Crippen LogP contribution in [0, 0.1) is 0 Å². The zero-order valence-electron chi connectivity index (χ0n) is 19.8. The van der Waals surface area contributed by atoms with Crippen LogP contribution >= 0.6 is 0 Å². The first-order valence-electron chi connectivity index (χ1n) is 13.1. The van der Waals surface area contributed by atoms with Crippen molar-refractivity contribution in [3.63, 3.8) is 0 Å². The molecule has 28 heavy (non-hydrogen) atoms. The van der Waals surface area contributed by atoms with Gasteiger partial charge < -0.3 is 10.8 Å². The molecule has 0 atom stereocenters. The standard InChI is InChI=1S/C26H55NO/c1-3-5-7-9-11-13-15-17-19-21-23-26(28,25-27)24-22-20-18-16-14-12-10-8-6-4-2/h28H,3-25,27H2,1-2H3. The summed E-state index contributed by atoms with van der Waals surface area (Å²) in [6, 6.07) is 0. The summed E-state index contributed by atoms with van der Waals surface area (Å²) in [6.07, 6.45) is 28.7. The molecule has 2 nitrogen and oxygen atoms in total. The highest BCUT2D eigenvalue weighted by molar-refractivity contribution is 4.79. The average molecular weight is 398 g/mol. The Labute approximate surface area is 178 Å². The lowest BCUT2D eigenvalue weighted by molar-refractivity contribution is 0.0264. The summed E-state index contributed by atoms with van der Waals surface area (Å²) in [7, 11) is 0. The molecule has 3 N–H and O–H groups in total. The van der Waals surface area contributed by atoms with E-state index in [0.29, 0.717) is 6.54 Å². The normalized spacial score (nSPS) is 12.0. The molecule has 0 spiro atoms. The van der Waals surface area contributed by atoms with E-state index in [-0.39, 0.29) is 0 Å². The summed E-state index contributed by atoms with van der Waals surface area (Å²) in [5.74, 6) is 0. The summed E-state index contributed by atoms with van der Waals surface area (Å²) in [5, 5.41) is 10.7. The highest BCUT2D eigenvalue weighted by Crippen LogP contribution is 2.23. The quantitative estimate of drug-likeness (QED) is 0.170. The molecule has 2 heteroatoms. The third-order valence-electron chi connectivity index (χ3n) is 6.37. The maximum absolute atomic E-state index is 10.7. The molecule has 0 fully saturated rings. The van der Waals surface area contributed by atoms with Gasteiger partial charge in [-0.1, -0.05) is 142 Å². The summed E-state index contributed by atoms with van der Waals surface area (Å²) < 4.78 is 0. The second-order valence-electron chi connectivity index (χ2n) is 9.29. The van der Waals surface area contributed by atoms with Crippen molar-refractivity contribution >= 4 is 0 Å². The van der Waals surface area contributed by atoms with Gasteiger partial charge in [0, 0.05) is 6.54 Å². The van der Waals surface area contributed by atoms with E-state index in [9.17, 15) is 5.11 Å². The predicted octanol–water partition coefficient (Wildman–Crippen LogP) is 8.30. The Balaban J connectivity index is 3.47. The molecule has 0 amide bonds. The first-order chi connectivity index (χ1) is 13.7. The topological polar surface area (TPSA) is 46.2 Å². The molecule has 0 aliphatic carbocycles. The second-order valence-corrected chi connectivity index (χ2v) is 9.29. The molecule has 0 aromatic heterocycles. The Morgan fingerprint density at radius 1 is 0.464 bits per heavy atom. The Morgan fingerprint density at radius 2 is 0.714 bits per heavy atom. The van der Waals surface area contributed by atoms with Crippen LogP contribution in [0.5, 0.6) is 0 Å². The SMILES string of the molecule is CCCCCCCCCCCCC(O)(CN)CCCCCCCCCCCC. The van der Waals surface area contributed by atoms with E-state index in [1.807, 2.05) is 0 Å². The van der Waals surface area contributed by atoms with E-state index >= 15 is 0 Å². The van der Waals surface area contributed by atoms with Crippen LogP contribution < -0.4 is 5.73 Å². The fourth-order valence-corrected chi connectivity index (χ4v) is 4.21. The number of aliphatic hydroxyl groups is 1. The molecule has 0 aliphatic rings. The van der Waals surface area contributed by atoms with Crippen LogP contribution in [-0.4, -0.2) is 17.3 Å². The molecule has 170 valence electrons. The predicted molar refractivity (Wildman–Crippen MR) is 127 cm³/mol. The van der Waals surface area contributed by atoms with Crippen molar-refractivity contribution in [2.75, 3.05) is 6.54 Å². The molecule has 0 aromatic carbocycles. The largest absolute Gasteiger partial charge is 0.389 e.